The molecule has 0 aromatic rings. The number of carbonyl (C=O) groups is 3. The standard InChI is InChI=1S/C21H41N5O6/c1-19(2,3)30-16(27)24-14(22)12-10-11-13-23-15(25-17(28)31-20(4,5)6)26-18(29)32-21(7,8)9/h14H,10-13,22H2,1-9H3,(H,24,27)(H2,23,25,26,28,29)/t14-/m0/s1. The van der Waals surface area contributed by atoms with E-state index in [1.165, 1.54) is 0 Å². The number of guanidine groups is 1. The number of nitrogens with one attached hydrogen (secondary N) is 3. The normalized spacial score (nSPS) is 12.8. The first-order valence-electron chi connectivity index (χ1n) is 10.7. The van der Waals surface area contributed by atoms with Crippen LogP contribution in [0.3, 0.4) is 0 Å². The van der Waals surface area contributed by atoms with E-state index in [4.69, 9.17) is 19.9 Å². The molecule has 0 fully saturated rings. The largest absolute Gasteiger partial charge is 0.444 e. The van der Waals surface area contributed by atoms with Crippen LogP contribution in [0.25, 0.3) is 0 Å². The number of nitrogens with zero attached hydrogens (tertiary/aromatic N) is 1. The van der Waals surface area contributed by atoms with Crippen molar-refractivity contribution in [3.05, 3.63) is 0 Å². The van der Waals surface area contributed by atoms with Crippen LogP contribution in [0.4, 0.5) is 14.4 Å². The van der Waals surface area contributed by atoms with E-state index in [1.807, 2.05) is 0 Å². The Morgan fingerprint density at radius 1 is 0.750 bits per heavy atom. The second-order valence-electron chi connectivity index (χ2n) is 10.2. The van der Waals surface area contributed by atoms with Gasteiger partial charge in [-0.05, 0) is 81.6 Å². The van der Waals surface area contributed by atoms with Crippen LogP contribution < -0.4 is 21.7 Å². The van der Waals surface area contributed by atoms with Crippen molar-refractivity contribution in [1.29, 1.82) is 0 Å². The minimum absolute atomic E-state index is 0.0790. The zero-order valence-corrected chi connectivity index (χ0v) is 20.9. The molecule has 0 aliphatic rings. The van der Waals surface area contributed by atoms with Gasteiger partial charge in [-0.15, -0.1) is 0 Å². The van der Waals surface area contributed by atoms with Gasteiger partial charge in [0, 0.05) is 6.54 Å². The van der Waals surface area contributed by atoms with Gasteiger partial charge in [0.05, 0.1) is 6.17 Å². The number of hydrogen-bond donors (Lipinski definition) is 4. The number of carbonyl (C=O) groups excluding carboxylic acids is 3. The Kier molecular flexibility index (Phi) is 11.5. The predicted molar refractivity (Wildman–Crippen MR) is 122 cm³/mol. The SMILES string of the molecule is CC(C)(C)OC(=O)NC(=NCCCC[C@@H](N)NC(=O)OC(C)(C)C)NC(=O)OC(C)(C)C. The maximum atomic E-state index is 12.0. The highest BCUT2D eigenvalue weighted by Gasteiger charge is 2.21. The number of amides is 3. The number of nitrogens with two attached hydrogens (primary N) is 1. The highest BCUT2D eigenvalue weighted by molar-refractivity contribution is 6.01. The molecule has 1 atom stereocenters. The summed E-state index contributed by atoms with van der Waals surface area (Å²) in [5, 5.41) is 7.40. The maximum Gasteiger partial charge on any atom is 0.414 e. The van der Waals surface area contributed by atoms with Crippen LogP contribution in [0.2, 0.25) is 0 Å². The summed E-state index contributed by atoms with van der Waals surface area (Å²) in [6, 6.07) is 0. The lowest BCUT2D eigenvalue weighted by atomic mass is 10.2. The van der Waals surface area contributed by atoms with Gasteiger partial charge in [-0.1, -0.05) is 0 Å². The Labute approximate surface area is 191 Å². The van der Waals surface area contributed by atoms with E-state index in [-0.39, 0.29) is 5.96 Å². The highest BCUT2D eigenvalue weighted by Crippen LogP contribution is 2.09. The van der Waals surface area contributed by atoms with Crippen LogP contribution in [0.1, 0.15) is 81.6 Å². The van der Waals surface area contributed by atoms with Gasteiger partial charge < -0.3 is 25.3 Å². The Morgan fingerprint density at radius 2 is 1.16 bits per heavy atom. The topological polar surface area (TPSA) is 153 Å². The first-order chi connectivity index (χ1) is 14.4. The number of rotatable bonds is 6. The fourth-order valence-electron chi connectivity index (χ4n) is 2.11. The molecule has 0 radical (unpaired) electrons. The molecular weight excluding hydrogens is 418 g/mol. The lowest BCUT2D eigenvalue weighted by molar-refractivity contribution is 0.0497. The highest BCUT2D eigenvalue weighted by atomic mass is 16.6. The average molecular weight is 460 g/mol. The van der Waals surface area contributed by atoms with E-state index in [0.29, 0.717) is 25.8 Å². The minimum Gasteiger partial charge on any atom is -0.444 e. The fraction of sp³-hybridized carbons (Fsp3) is 0.810. The Hall–Kier alpha value is -2.56. The summed E-state index contributed by atoms with van der Waals surface area (Å²) in [6.45, 7) is 15.9. The van der Waals surface area contributed by atoms with Gasteiger partial charge in [-0.25, -0.2) is 14.4 Å². The van der Waals surface area contributed by atoms with Crippen LogP contribution in [0.5, 0.6) is 0 Å². The zero-order valence-electron chi connectivity index (χ0n) is 20.9. The molecule has 0 aromatic heterocycles. The van der Waals surface area contributed by atoms with Crippen molar-refractivity contribution in [3.8, 4) is 0 Å². The quantitative estimate of drug-likeness (QED) is 0.156. The number of aliphatic imine (C=N–C) groups is 1. The third-order valence-corrected chi connectivity index (χ3v) is 3.13. The average Bonchev–Trinajstić information content (AvgIpc) is 2.48. The third-order valence-electron chi connectivity index (χ3n) is 3.13. The number of ether oxygens (including phenoxy) is 3. The third kappa shape index (κ3) is 18.2. The molecular formula is C21H41N5O6. The molecule has 0 aromatic carbocycles. The smallest absolute Gasteiger partial charge is 0.414 e. The van der Waals surface area contributed by atoms with E-state index in [9.17, 15) is 14.4 Å². The molecule has 5 N–H and O–H groups in total. The van der Waals surface area contributed by atoms with Gasteiger partial charge in [0.1, 0.15) is 16.8 Å². The molecule has 11 nitrogen and oxygen atoms in total. The Morgan fingerprint density at radius 3 is 1.56 bits per heavy atom. The molecule has 0 saturated carbocycles. The van der Waals surface area contributed by atoms with Crippen LogP contribution in [0.15, 0.2) is 4.99 Å². The molecule has 0 bridgehead atoms. The number of unbranched alkanes of at least 4 members (excludes halogenated alkanes) is 1. The zero-order chi connectivity index (χ0) is 25.2. The van der Waals surface area contributed by atoms with Crippen molar-refractivity contribution >= 4 is 24.2 Å². The molecule has 0 aliphatic carbocycles. The van der Waals surface area contributed by atoms with E-state index < -0.39 is 41.2 Å². The molecule has 0 spiro atoms. The summed E-state index contributed by atoms with van der Waals surface area (Å²) >= 11 is 0. The predicted octanol–water partition coefficient (Wildman–Crippen LogP) is 3.37. The van der Waals surface area contributed by atoms with Crippen molar-refractivity contribution in [2.75, 3.05) is 6.54 Å². The first-order valence-corrected chi connectivity index (χ1v) is 10.7. The Bertz CT molecular complexity index is 627. The fourth-order valence-corrected chi connectivity index (χ4v) is 2.11. The summed E-state index contributed by atoms with van der Waals surface area (Å²) in [6.07, 6.45) is -0.900. The summed E-state index contributed by atoms with van der Waals surface area (Å²) in [5.74, 6) is -0.0790. The maximum absolute atomic E-state index is 12.0. The molecule has 32 heavy (non-hydrogen) atoms. The molecule has 11 heteroatoms. The summed E-state index contributed by atoms with van der Waals surface area (Å²) in [7, 11) is 0. The van der Waals surface area contributed by atoms with Crippen LogP contribution in [-0.4, -0.2) is 53.8 Å². The summed E-state index contributed by atoms with van der Waals surface area (Å²) < 4.78 is 15.5. The second kappa shape index (κ2) is 12.5. The van der Waals surface area contributed by atoms with Gasteiger partial charge >= 0.3 is 18.3 Å². The van der Waals surface area contributed by atoms with Crippen LogP contribution in [0, 0.1) is 0 Å². The molecule has 0 rings (SSSR count). The van der Waals surface area contributed by atoms with Crippen LogP contribution >= 0.6 is 0 Å². The lowest BCUT2D eigenvalue weighted by Crippen LogP contribution is -2.47. The van der Waals surface area contributed by atoms with Crippen molar-refractivity contribution < 1.29 is 28.6 Å². The van der Waals surface area contributed by atoms with E-state index in [0.717, 1.165) is 0 Å². The van der Waals surface area contributed by atoms with Crippen molar-refractivity contribution in [2.24, 2.45) is 10.7 Å². The van der Waals surface area contributed by atoms with E-state index in [1.54, 1.807) is 62.3 Å². The minimum atomic E-state index is -0.754. The summed E-state index contributed by atoms with van der Waals surface area (Å²) in [4.78, 5) is 40.0. The van der Waals surface area contributed by atoms with Gasteiger partial charge in [0.25, 0.3) is 0 Å². The van der Waals surface area contributed by atoms with Crippen LogP contribution in [-0.2, 0) is 14.2 Å². The van der Waals surface area contributed by atoms with Crippen molar-refractivity contribution in [1.82, 2.24) is 16.0 Å². The number of alkyl carbamates (subject to hydrolysis) is 3. The van der Waals surface area contributed by atoms with Gasteiger partial charge in [0.15, 0.2) is 0 Å². The van der Waals surface area contributed by atoms with Crippen molar-refractivity contribution in [3.63, 3.8) is 0 Å². The summed E-state index contributed by atoms with van der Waals surface area (Å²) in [5.41, 5.74) is 3.87. The lowest BCUT2D eigenvalue weighted by Gasteiger charge is -2.22. The number of hydrogen-bond acceptors (Lipinski definition) is 8. The van der Waals surface area contributed by atoms with Crippen molar-refractivity contribution in [2.45, 2.75) is 105 Å². The molecule has 0 unspecified atom stereocenters. The van der Waals surface area contributed by atoms with Gasteiger partial charge in [0.2, 0.25) is 5.96 Å². The molecule has 186 valence electrons. The van der Waals surface area contributed by atoms with E-state index >= 15 is 0 Å². The van der Waals surface area contributed by atoms with Gasteiger partial charge in [-0.2, -0.15) is 0 Å². The molecule has 3 amide bonds. The Balaban J connectivity index is 4.71. The molecule has 0 saturated heterocycles. The monoisotopic (exact) mass is 459 g/mol. The van der Waals surface area contributed by atoms with E-state index in [2.05, 4.69) is 20.9 Å². The molecule has 0 aliphatic heterocycles. The molecule has 0 heterocycles. The first kappa shape index (κ1) is 29.4. The van der Waals surface area contributed by atoms with Gasteiger partial charge in [-0.3, -0.25) is 15.6 Å². The second-order valence-corrected chi connectivity index (χ2v) is 10.2.